The maximum Gasteiger partial charge on any atom is 0.163 e. The van der Waals surface area contributed by atoms with E-state index >= 15 is 0 Å². The molecule has 1 atom stereocenters. The molecule has 3 aromatic rings. The molecular formula is C21H27N5O. The van der Waals surface area contributed by atoms with Gasteiger partial charge in [0.25, 0.3) is 0 Å². The van der Waals surface area contributed by atoms with Crippen LogP contribution < -0.4 is 4.90 Å². The van der Waals surface area contributed by atoms with E-state index in [9.17, 15) is 5.11 Å². The highest BCUT2D eigenvalue weighted by molar-refractivity contribution is 5.87. The van der Waals surface area contributed by atoms with Crippen LogP contribution in [0, 0.1) is 6.92 Å². The first kappa shape index (κ1) is 17.9. The molecule has 1 aliphatic rings. The Morgan fingerprint density at radius 2 is 1.96 bits per heavy atom. The summed E-state index contributed by atoms with van der Waals surface area (Å²) < 4.78 is 1.96. The Balaban J connectivity index is 1.84. The number of aliphatic hydroxyl groups is 1. The number of β-amino-alcohol motifs (C(OH)–C–C–N with tert-alkyl or cyclic N) is 1. The largest absolute Gasteiger partial charge is 0.391 e. The van der Waals surface area contributed by atoms with Crippen molar-refractivity contribution in [2.75, 3.05) is 18.0 Å². The summed E-state index contributed by atoms with van der Waals surface area (Å²) in [6, 6.07) is 8.36. The Kier molecular flexibility index (Phi) is 4.38. The van der Waals surface area contributed by atoms with Gasteiger partial charge in [0.15, 0.2) is 5.65 Å². The van der Waals surface area contributed by atoms with Gasteiger partial charge in [-0.15, -0.1) is 0 Å². The standard InChI is InChI=1S/C21H27N5O/c1-14-7-5-6-8-15(14)12-26-19-17(11-22-26)18(25-10-9-16(27)13-25)23-20(24-19)21(2,3)4/h5-8,11,16,27H,9-10,12-13H2,1-4H3/t16-/m0/s1. The molecule has 0 aliphatic carbocycles. The lowest BCUT2D eigenvalue weighted by Crippen LogP contribution is -2.25. The van der Waals surface area contributed by atoms with Gasteiger partial charge in [-0.1, -0.05) is 45.0 Å². The number of aryl methyl sites for hydroxylation is 1. The van der Waals surface area contributed by atoms with E-state index in [-0.39, 0.29) is 11.5 Å². The first-order chi connectivity index (χ1) is 12.8. The second kappa shape index (κ2) is 6.60. The van der Waals surface area contributed by atoms with Crippen LogP contribution in [0.3, 0.4) is 0 Å². The van der Waals surface area contributed by atoms with Gasteiger partial charge in [-0.2, -0.15) is 5.10 Å². The summed E-state index contributed by atoms with van der Waals surface area (Å²) in [4.78, 5) is 11.9. The van der Waals surface area contributed by atoms with Crippen LogP contribution in [0.2, 0.25) is 0 Å². The highest BCUT2D eigenvalue weighted by atomic mass is 16.3. The number of nitrogens with zero attached hydrogens (tertiary/aromatic N) is 5. The molecule has 0 amide bonds. The summed E-state index contributed by atoms with van der Waals surface area (Å²) in [5, 5.41) is 15.6. The van der Waals surface area contributed by atoms with Crippen molar-refractivity contribution in [2.45, 2.75) is 52.2 Å². The average molecular weight is 365 g/mol. The van der Waals surface area contributed by atoms with E-state index in [4.69, 9.17) is 9.97 Å². The normalized spacial score (nSPS) is 17.8. The lowest BCUT2D eigenvalue weighted by molar-refractivity contribution is 0.198. The van der Waals surface area contributed by atoms with E-state index in [2.05, 4.69) is 62.0 Å². The van der Waals surface area contributed by atoms with E-state index < -0.39 is 0 Å². The number of aliphatic hydroxyl groups excluding tert-OH is 1. The number of benzene rings is 1. The summed E-state index contributed by atoms with van der Waals surface area (Å²) in [5.74, 6) is 1.69. The number of hydrogen-bond donors (Lipinski definition) is 1. The zero-order valence-corrected chi connectivity index (χ0v) is 16.5. The summed E-state index contributed by atoms with van der Waals surface area (Å²) in [7, 11) is 0. The maximum absolute atomic E-state index is 9.99. The van der Waals surface area contributed by atoms with Crippen molar-refractivity contribution < 1.29 is 5.11 Å². The van der Waals surface area contributed by atoms with E-state index in [0.29, 0.717) is 13.1 Å². The Morgan fingerprint density at radius 1 is 1.19 bits per heavy atom. The van der Waals surface area contributed by atoms with Crippen molar-refractivity contribution in [2.24, 2.45) is 0 Å². The second-order valence-electron chi connectivity index (χ2n) is 8.48. The number of anilines is 1. The molecule has 3 heterocycles. The van der Waals surface area contributed by atoms with Gasteiger partial charge in [0.2, 0.25) is 0 Å². The highest BCUT2D eigenvalue weighted by Crippen LogP contribution is 2.30. The van der Waals surface area contributed by atoms with Crippen molar-refractivity contribution in [1.82, 2.24) is 19.7 Å². The predicted molar refractivity (Wildman–Crippen MR) is 107 cm³/mol. The SMILES string of the molecule is Cc1ccccc1Cn1ncc2c(N3CC[C@H](O)C3)nc(C(C)(C)C)nc21. The number of hydrogen-bond acceptors (Lipinski definition) is 5. The van der Waals surface area contributed by atoms with Crippen LogP contribution in [0.5, 0.6) is 0 Å². The number of aromatic nitrogens is 4. The summed E-state index contributed by atoms with van der Waals surface area (Å²) in [5.41, 5.74) is 3.17. The lowest BCUT2D eigenvalue weighted by Gasteiger charge is -2.22. The van der Waals surface area contributed by atoms with E-state index in [1.807, 2.05) is 10.9 Å². The van der Waals surface area contributed by atoms with Crippen LogP contribution in [0.4, 0.5) is 5.82 Å². The molecule has 1 fully saturated rings. The predicted octanol–water partition coefficient (Wildman–Crippen LogP) is 3.05. The third-order valence-corrected chi connectivity index (χ3v) is 5.19. The summed E-state index contributed by atoms with van der Waals surface area (Å²) >= 11 is 0. The molecule has 1 aromatic carbocycles. The second-order valence-corrected chi connectivity index (χ2v) is 8.48. The fourth-order valence-corrected chi connectivity index (χ4v) is 3.52. The van der Waals surface area contributed by atoms with Crippen LogP contribution in [0.25, 0.3) is 11.0 Å². The van der Waals surface area contributed by atoms with Gasteiger partial charge in [-0.3, -0.25) is 0 Å². The van der Waals surface area contributed by atoms with Crippen molar-refractivity contribution in [3.63, 3.8) is 0 Å². The molecule has 1 N–H and O–H groups in total. The summed E-state index contributed by atoms with van der Waals surface area (Å²) in [6.45, 7) is 10.6. The smallest absolute Gasteiger partial charge is 0.163 e. The molecule has 27 heavy (non-hydrogen) atoms. The van der Waals surface area contributed by atoms with E-state index in [1.54, 1.807) is 0 Å². The zero-order valence-electron chi connectivity index (χ0n) is 16.5. The number of rotatable bonds is 3. The third-order valence-electron chi connectivity index (χ3n) is 5.19. The van der Waals surface area contributed by atoms with Gasteiger partial charge in [-0.25, -0.2) is 14.6 Å². The van der Waals surface area contributed by atoms with E-state index in [0.717, 1.165) is 35.6 Å². The van der Waals surface area contributed by atoms with Crippen molar-refractivity contribution in [1.29, 1.82) is 0 Å². The zero-order chi connectivity index (χ0) is 19.2. The van der Waals surface area contributed by atoms with Gasteiger partial charge in [0, 0.05) is 18.5 Å². The Morgan fingerprint density at radius 3 is 2.63 bits per heavy atom. The Hall–Kier alpha value is -2.47. The quantitative estimate of drug-likeness (QED) is 0.773. The molecule has 1 saturated heterocycles. The molecule has 2 aromatic heterocycles. The monoisotopic (exact) mass is 365 g/mol. The fourth-order valence-electron chi connectivity index (χ4n) is 3.52. The molecule has 0 unspecified atom stereocenters. The molecule has 0 bridgehead atoms. The first-order valence-corrected chi connectivity index (χ1v) is 9.54. The van der Waals surface area contributed by atoms with Gasteiger partial charge in [0.05, 0.1) is 24.2 Å². The fraction of sp³-hybridized carbons (Fsp3) is 0.476. The van der Waals surface area contributed by atoms with Crippen LogP contribution in [0.15, 0.2) is 30.5 Å². The minimum atomic E-state index is -0.296. The van der Waals surface area contributed by atoms with Gasteiger partial charge in [-0.05, 0) is 24.5 Å². The van der Waals surface area contributed by atoms with Gasteiger partial charge >= 0.3 is 0 Å². The molecule has 1 aliphatic heterocycles. The molecule has 0 radical (unpaired) electrons. The summed E-state index contributed by atoms with van der Waals surface area (Å²) in [6.07, 6.45) is 2.34. The molecule has 6 heteroatoms. The first-order valence-electron chi connectivity index (χ1n) is 9.54. The van der Waals surface area contributed by atoms with Gasteiger partial charge < -0.3 is 10.0 Å². The topological polar surface area (TPSA) is 67.1 Å². The van der Waals surface area contributed by atoms with Crippen molar-refractivity contribution in [3.05, 3.63) is 47.4 Å². The lowest BCUT2D eigenvalue weighted by atomic mass is 9.95. The van der Waals surface area contributed by atoms with Crippen molar-refractivity contribution in [3.8, 4) is 0 Å². The molecule has 4 rings (SSSR count). The minimum Gasteiger partial charge on any atom is -0.391 e. The minimum absolute atomic E-state index is 0.168. The molecule has 142 valence electrons. The van der Waals surface area contributed by atoms with Gasteiger partial charge in [0.1, 0.15) is 11.6 Å². The Bertz CT molecular complexity index is 972. The Labute approximate surface area is 159 Å². The average Bonchev–Trinajstić information content (AvgIpc) is 3.22. The third kappa shape index (κ3) is 3.41. The highest BCUT2D eigenvalue weighted by Gasteiger charge is 2.28. The molecular weight excluding hydrogens is 338 g/mol. The molecule has 0 saturated carbocycles. The van der Waals surface area contributed by atoms with Crippen molar-refractivity contribution >= 4 is 16.9 Å². The van der Waals surface area contributed by atoms with Crippen LogP contribution in [0.1, 0.15) is 44.1 Å². The molecule has 6 nitrogen and oxygen atoms in total. The number of fused-ring (bicyclic) bond motifs is 1. The maximum atomic E-state index is 9.99. The van der Waals surface area contributed by atoms with Crippen LogP contribution in [-0.2, 0) is 12.0 Å². The van der Waals surface area contributed by atoms with Crippen LogP contribution >= 0.6 is 0 Å². The van der Waals surface area contributed by atoms with E-state index in [1.165, 1.54) is 11.1 Å². The molecule has 0 spiro atoms. The van der Waals surface area contributed by atoms with Crippen LogP contribution in [-0.4, -0.2) is 44.0 Å².